The quantitative estimate of drug-likeness (QED) is 0.317. The number of thiophene rings is 1. The zero-order valence-corrected chi connectivity index (χ0v) is 25.6. The van der Waals surface area contributed by atoms with Gasteiger partial charge in [-0.1, -0.05) is 50.6 Å². The summed E-state index contributed by atoms with van der Waals surface area (Å²) >= 11 is 1.30. The fourth-order valence-corrected chi connectivity index (χ4v) is 7.62. The van der Waals surface area contributed by atoms with Gasteiger partial charge in [0.15, 0.2) is 0 Å². The minimum absolute atomic E-state index is 0.111. The first kappa shape index (κ1) is 31.4. The van der Waals surface area contributed by atoms with Gasteiger partial charge in [-0.15, -0.1) is 11.3 Å². The minimum Gasteiger partial charge on any atom is -0.453 e. The van der Waals surface area contributed by atoms with Crippen LogP contribution in [0.5, 0.6) is 0 Å². The molecule has 224 valence electrons. The molecule has 4 rings (SSSR count). The third-order valence-corrected chi connectivity index (χ3v) is 10.2. The summed E-state index contributed by atoms with van der Waals surface area (Å²) in [5, 5.41) is 5.36. The fourth-order valence-electron chi connectivity index (χ4n) is 4.85. The molecule has 3 amide bonds. The molecule has 0 aliphatic carbocycles. The van der Waals surface area contributed by atoms with Crippen LogP contribution in [0, 0.1) is 0 Å². The molecule has 0 bridgehead atoms. The Hall–Kier alpha value is -3.58. The Morgan fingerprint density at radius 2 is 1.74 bits per heavy atom. The summed E-state index contributed by atoms with van der Waals surface area (Å²) < 4.78 is 32.2. The van der Waals surface area contributed by atoms with Crippen molar-refractivity contribution in [3.05, 3.63) is 81.7 Å². The molecule has 0 saturated carbocycles. The molecule has 2 aromatic carbocycles. The lowest BCUT2D eigenvalue weighted by Gasteiger charge is -2.27. The van der Waals surface area contributed by atoms with Crippen molar-refractivity contribution in [1.29, 1.82) is 0 Å². The van der Waals surface area contributed by atoms with E-state index in [0.717, 1.165) is 29.8 Å². The number of carbonyl (C=O) groups is 3. The van der Waals surface area contributed by atoms with E-state index in [1.165, 1.54) is 52.6 Å². The highest BCUT2D eigenvalue weighted by molar-refractivity contribution is 7.89. The van der Waals surface area contributed by atoms with Gasteiger partial charge in [0, 0.05) is 43.2 Å². The molecule has 42 heavy (non-hydrogen) atoms. The number of imide groups is 1. The van der Waals surface area contributed by atoms with Crippen molar-refractivity contribution in [2.75, 3.05) is 32.1 Å². The largest absolute Gasteiger partial charge is 0.453 e. The molecular weight excluding hydrogens is 576 g/mol. The number of sulfonamides is 1. The van der Waals surface area contributed by atoms with Gasteiger partial charge in [0.1, 0.15) is 5.00 Å². The number of unbranched alkanes of at least 4 members (excludes halogenated alkanes) is 1. The van der Waals surface area contributed by atoms with Gasteiger partial charge in [-0.2, -0.15) is 4.31 Å². The van der Waals surface area contributed by atoms with E-state index in [2.05, 4.69) is 32.4 Å². The Morgan fingerprint density at radius 1 is 1.02 bits per heavy atom. The number of anilines is 1. The number of hydrogen-bond acceptors (Lipinski definition) is 8. The molecule has 0 atom stereocenters. The molecule has 0 unspecified atom stereocenters. The van der Waals surface area contributed by atoms with Crippen molar-refractivity contribution in [3.8, 4) is 0 Å². The van der Waals surface area contributed by atoms with Crippen LogP contribution in [0.15, 0.2) is 59.5 Å². The first-order valence-electron chi connectivity index (χ1n) is 13.9. The number of alkyl carbamates (subject to hydrolysis) is 1. The standard InChI is InChI=1S/C30H36N4O6S2/c1-4-6-17-34(5-2)42(38,39)23-14-12-22(13-15-23)27(35)31-29-26(28(36)32-30(37)40-3)24-16-18-33(20-25(24)41-29)19-21-10-8-7-9-11-21/h7-15H,4-6,16-20H2,1-3H3,(H,31,35)(H,32,36,37). The van der Waals surface area contributed by atoms with Crippen molar-refractivity contribution in [3.63, 3.8) is 0 Å². The maximum Gasteiger partial charge on any atom is 0.413 e. The van der Waals surface area contributed by atoms with Gasteiger partial charge in [0.05, 0.1) is 17.6 Å². The highest BCUT2D eigenvalue weighted by Crippen LogP contribution is 2.38. The van der Waals surface area contributed by atoms with E-state index < -0.39 is 27.9 Å². The molecule has 3 aromatic rings. The lowest BCUT2D eigenvalue weighted by Crippen LogP contribution is -2.33. The Kier molecular flexibility index (Phi) is 10.5. The number of amides is 3. The summed E-state index contributed by atoms with van der Waals surface area (Å²) in [5.41, 5.74) is 2.44. The van der Waals surface area contributed by atoms with E-state index >= 15 is 0 Å². The number of benzene rings is 2. The number of ether oxygens (including phenoxy) is 1. The Morgan fingerprint density at radius 3 is 2.38 bits per heavy atom. The Bertz CT molecular complexity index is 1520. The van der Waals surface area contributed by atoms with Crippen molar-refractivity contribution in [2.24, 2.45) is 0 Å². The van der Waals surface area contributed by atoms with Crippen LogP contribution in [0.25, 0.3) is 0 Å². The summed E-state index contributed by atoms with van der Waals surface area (Å²) in [4.78, 5) is 41.6. The highest BCUT2D eigenvalue weighted by Gasteiger charge is 2.30. The first-order chi connectivity index (χ1) is 20.2. The number of hydrogen-bond donors (Lipinski definition) is 2. The molecular formula is C30H36N4O6S2. The number of carbonyl (C=O) groups excluding carboxylic acids is 3. The predicted octanol–water partition coefficient (Wildman–Crippen LogP) is 4.87. The molecule has 0 spiro atoms. The number of nitrogens with one attached hydrogen (secondary N) is 2. The maximum atomic E-state index is 13.3. The summed E-state index contributed by atoms with van der Waals surface area (Å²) in [6, 6.07) is 15.8. The second-order valence-electron chi connectivity index (χ2n) is 9.93. The molecule has 0 fully saturated rings. The highest BCUT2D eigenvalue weighted by atomic mass is 32.2. The van der Waals surface area contributed by atoms with Crippen LogP contribution < -0.4 is 10.6 Å². The van der Waals surface area contributed by atoms with Crippen LogP contribution in [-0.2, 0) is 34.3 Å². The van der Waals surface area contributed by atoms with Crippen molar-refractivity contribution in [2.45, 2.75) is 51.1 Å². The maximum absolute atomic E-state index is 13.3. The van der Waals surface area contributed by atoms with Gasteiger partial charge in [-0.05, 0) is 48.2 Å². The van der Waals surface area contributed by atoms with E-state index in [1.54, 1.807) is 6.92 Å². The Labute approximate surface area is 250 Å². The van der Waals surface area contributed by atoms with Crippen LogP contribution in [0.1, 0.15) is 63.4 Å². The molecule has 0 radical (unpaired) electrons. The smallest absolute Gasteiger partial charge is 0.413 e. The van der Waals surface area contributed by atoms with Gasteiger partial charge in [-0.25, -0.2) is 13.2 Å². The van der Waals surface area contributed by atoms with E-state index in [1.807, 2.05) is 25.1 Å². The van der Waals surface area contributed by atoms with E-state index in [0.29, 0.717) is 37.6 Å². The lowest BCUT2D eigenvalue weighted by atomic mass is 10.0. The van der Waals surface area contributed by atoms with Crippen LogP contribution >= 0.6 is 11.3 Å². The SMILES string of the molecule is CCCCN(CC)S(=O)(=O)c1ccc(C(=O)Nc2sc3c(c2C(=O)NC(=O)OC)CCN(Cc2ccccc2)C3)cc1. The summed E-state index contributed by atoms with van der Waals surface area (Å²) in [5.74, 6) is -1.15. The van der Waals surface area contributed by atoms with Crippen LogP contribution in [0.2, 0.25) is 0 Å². The summed E-state index contributed by atoms with van der Waals surface area (Å²) in [7, 11) is -2.51. The number of methoxy groups -OCH3 is 1. The zero-order valence-electron chi connectivity index (χ0n) is 24.0. The van der Waals surface area contributed by atoms with E-state index in [4.69, 9.17) is 0 Å². The second-order valence-corrected chi connectivity index (χ2v) is 13.0. The first-order valence-corrected chi connectivity index (χ1v) is 16.1. The minimum atomic E-state index is -3.68. The van der Waals surface area contributed by atoms with Gasteiger partial charge in [0.2, 0.25) is 10.0 Å². The lowest BCUT2D eigenvalue weighted by molar-refractivity contribution is 0.0936. The monoisotopic (exact) mass is 612 g/mol. The summed E-state index contributed by atoms with van der Waals surface area (Å²) in [6.07, 6.45) is 1.31. The molecule has 0 saturated heterocycles. The van der Waals surface area contributed by atoms with Gasteiger partial charge < -0.3 is 10.1 Å². The number of fused-ring (bicyclic) bond motifs is 1. The van der Waals surface area contributed by atoms with Crippen LogP contribution in [0.4, 0.5) is 9.80 Å². The van der Waals surface area contributed by atoms with Gasteiger partial charge >= 0.3 is 6.09 Å². The number of rotatable bonds is 11. The van der Waals surface area contributed by atoms with Gasteiger partial charge in [0.25, 0.3) is 11.8 Å². The fraction of sp³-hybridized carbons (Fsp3) is 0.367. The predicted molar refractivity (Wildman–Crippen MR) is 162 cm³/mol. The molecule has 2 heterocycles. The molecule has 1 aliphatic rings. The zero-order chi connectivity index (χ0) is 30.3. The second kappa shape index (κ2) is 14.1. The molecule has 1 aromatic heterocycles. The number of nitrogens with zero attached hydrogens (tertiary/aromatic N) is 2. The normalized spacial score (nSPS) is 13.4. The van der Waals surface area contributed by atoms with Crippen molar-refractivity contribution < 1.29 is 27.5 Å². The topological polar surface area (TPSA) is 125 Å². The third kappa shape index (κ3) is 7.24. The molecule has 10 nitrogen and oxygen atoms in total. The van der Waals surface area contributed by atoms with E-state index in [-0.39, 0.29) is 16.0 Å². The molecule has 1 aliphatic heterocycles. The third-order valence-electron chi connectivity index (χ3n) is 7.11. The van der Waals surface area contributed by atoms with Crippen molar-refractivity contribution in [1.82, 2.24) is 14.5 Å². The van der Waals surface area contributed by atoms with Crippen LogP contribution in [-0.4, -0.2) is 62.3 Å². The molecule has 12 heteroatoms. The average Bonchev–Trinajstić information content (AvgIpc) is 3.35. The average molecular weight is 613 g/mol. The van der Waals surface area contributed by atoms with Gasteiger partial charge in [-0.3, -0.25) is 19.8 Å². The Balaban J connectivity index is 1.57. The summed E-state index contributed by atoms with van der Waals surface area (Å²) in [6.45, 7) is 6.61. The molecule has 2 N–H and O–H groups in total. The van der Waals surface area contributed by atoms with E-state index in [9.17, 15) is 22.8 Å². The van der Waals surface area contributed by atoms with Crippen LogP contribution in [0.3, 0.4) is 0 Å². The van der Waals surface area contributed by atoms with Crippen molar-refractivity contribution >= 4 is 44.3 Å².